The first-order valence-electron chi connectivity index (χ1n) is 7.50. The van der Waals surface area contributed by atoms with Gasteiger partial charge in [0.2, 0.25) is 5.91 Å². The van der Waals surface area contributed by atoms with Crippen LogP contribution in [0.5, 0.6) is 0 Å². The van der Waals surface area contributed by atoms with E-state index in [1.165, 1.54) is 11.3 Å². The summed E-state index contributed by atoms with van der Waals surface area (Å²) in [5, 5.41) is 14.8. The monoisotopic (exact) mass is 399 g/mol. The lowest BCUT2D eigenvalue weighted by molar-refractivity contribution is -0.120. The van der Waals surface area contributed by atoms with E-state index < -0.39 is 5.91 Å². The van der Waals surface area contributed by atoms with Gasteiger partial charge in [-0.25, -0.2) is 0 Å². The number of fused-ring (bicyclic) bond motifs is 1. The number of halogens is 2. The molecule has 25 heavy (non-hydrogen) atoms. The van der Waals surface area contributed by atoms with Gasteiger partial charge in [0, 0.05) is 0 Å². The Morgan fingerprint density at radius 1 is 1.40 bits per heavy atom. The Kier molecular flexibility index (Phi) is 5.48. The predicted octanol–water partition coefficient (Wildman–Crippen LogP) is 2.63. The van der Waals surface area contributed by atoms with E-state index in [2.05, 4.69) is 15.6 Å². The van der Waals surface area contributed by atoms with Gasteiger partial charge in [-0.3, -0.25) is 9.59 Å². The number of hydrogen-bond donors (Lipinski definition) is 4. The molecule has 2 heterocycles. The molecule has 1 unspecified atom stereocenters. The number of carbonyl (C=O) groups excluding carboxylic acids is 2. The standard InChI is InChI=1S/C16H15Cl2N3O3S/c17-13-14-11(25-15(13)18)5-10(21-14)16(24)19-6-12(23)20-9-3-1-8(7-22)2-4-9/h1-3,5,9,21-22H,4,6-7H2,(H,19,24)(H,20,23). The number of amides is 2. The van der Waals surface area contributed by atoms with Gasteiger partial charge in [0.1, 0.15) is 10.0 Å². The zero-order valence-electron chi connectivity index (χ0n) is 12.9. The number of carbonyl (C=O) groups is 2. The fourth-order valence-electron chi connectivity index (χ4n) is 2.44. The zero-order valence-corrected chi connectivity index (χ0v) is 15.3. The van der Waals surface area contributed by atoms with E-state index in [0.29, 0.717) is 27.0 Å². The smallest absolute Gasteiger partial charge is 0.268 e. The lowest BCUT2D eigenvalue weighted by atomic mass is 10.0. The second-order valence-electron chi connectivity index (χ2n) is 5.50. The predicted molar refractivity (Wildman–Crippen MR) is 99.4 cm³/mol. The van der Waals surface area contributed by atoms with Crippen LogP contribution >= 0.6 is 34.5 Å². The number of rotatable bonds is 5. The highest BCUT2D eigenvalue weighted by Gasteiger charge is 2.17. The van der Waals surface area contributed by atoms with Crippen LogP contribution in [-0.4, -0.2) is 41.1 Å². The Morgan fingerprint density at radius 2 is 2.20 bits per heavy atom. The van der Waals surface area contributed by atoms with E-state index in [-0.39, 0.29) is 25.1 Å². The van der Waals surface area contributed by atoms with Crippen LogP contribution in [0.25, 0.3) is 10.2 Å². The molecule has 132 valence electrons. The van der Waals surface area contributed by atoms with Crippen molar-refractivity contribution in [2.45, 2.75) is 12.5 Å². The molecule has 0 bridgehead atoms. The molecule has 2 aromatic rings. The summed E-state index contributed by atoms with van der Waals surface area (Å²) in [5.41, 5.74) is 1.76. The lowest BCUT2D eigenvalue weighted by Crippen LogP contribution is -2.41. The van der Waals surface area contributed by atoms with Crippen LogP contribution in [0.15, 0.2) is 29.9 Å². The van der Waals surface area contributed by atoms with Gasteiger partial charge in [0.05, 0.1) is 34.4 Å². The van der Waals surface area contributed by atoms with Crippen LogP contribution in [0.4, 0.5) is 0 Å². The third-order valence-corrected chi connectivity index (χ3v) is 5.67. The highest BCUT2D eigenvalue weighted by atomic mass is 35.5. The van der Waals surface area contributed by atoms with Gasteiger partial charge in [-0.15, -0.1) is 11.3 Å². The number of aromatic nitrogens is 1. The van der Waals surface area contributed by atoms with Crippen LogP contribution in [0.3, 0.4) is 0 Å². The van der Waals surface area contributed by atoms with Crippen molar-refractivity contribution in [1.29, 1.82) is 0 Å². The largest absolute Gasteiger partial charge is 0.392 e. The molecule has 1 aliphatic rings. The Balaban J connectivity index is 1.52. The van der Waals surface area contributed by atoms with Crippen molar-refractivity contribution >= 4 is 56.6 Å². The molecule has 6 nitrogen and oxygen atoms in total. The molecule has 0 saturated carbocycles. The minimum absolute atomic E-state index is 0.0178. The van der Waals surface area contributed by atoms with E-state index in [1.807, 2.05) is 12.2 Å². The molecule has 2 aromatic heterocycles. The second-order valence-corrected chi connectivity index (χ2v) is 7.53. The molecule has 1 aliphatic carbocycles. The van der Waals surface area contributed by atoms with Crippen molar-refractivity contribution in [1.82, 2.24) is 15.6 Å². The first-order valence-corrected chi connectivity index (χ1v) is 9.07. The van der Waals surface area contributed by atoms with Crippen LogP contribution < -0.4 is 10.6 Å². The Bertz CT molecular complexity index is 885. The number of thiophene rings is 1. The van der Waals surface area contributed by atoms with Gasteiger partial charge in [0.15, 0.2) is 0 Å². The van der Waals surface area contributed by atoms with Crippen molar-refractivity contribution in [3.63, 3.8) is 0 Å². The van der Waals surface area contributed by atoms with Crippen LogP contribution in [-0.2, 0) is 4.79 Å². The fourth-order valence-corrected chi connectivity index (χ4v) is 3.92. The van der Waals surface area contributed by atoms with Gasteiger partial charge in [-0.05, 0) is 18.1 Å². The number of H-pyrrole nitrogens is 1. The van der Waals surface area contributed by atoms with Crippen molar-refractivity contribution < 1.29 is 14.7 Å². The maximum Gasteiger partial charge on any atom is 0.268 e. The molecule has 4 N–H and O–H groups in total. The third kappa shape index (κ3) is 4.07. The van der Waals surface area contributed by atoms with Gasteiger partial charge < -0.3 is 20.7 Å². The van der Waals surface area contributed by atoms with Gasteiger partial charge in [-0.1, -0.05) is 41.4 Å². The Morgan fingerprint density at radius 3 is 2.84 bits per heavy atom. The Hall–Kier alpha value is -1.80. The fraction of sp³-hybridized carbons (Fsp3) is 0.250. The molecule has 0 saturated heterocycles. The normalized spacial score (nSPS) is 16.8. The van der Waals surface area contributed by atoms with Crippen molar-refractivity contribution in [2.24, 2.45) is 0 Å². The van der Waals surface area contributed by atoms with E-state index in [9.17, 15) is 9.59 Å². The first kappa shape index (κ1) is 18.0. The summed E-state index contributed by atoms with van der Waals surface area (Å²) in [6, 6.07) is 1.51. The number of hydrogen-bond acceptors (Lipinski definition) is 4. The topological polar surface area (TPSA) is 94.2 Å². The molecule has 0 fully saturated rings. The van der Waals surface area contributed by atoms with Crippen molar-refractivity contribution in [3.8, 4) is 0 Å². The quantitative estimate of drug-likeness (QED) is 0.622. The highest BCUT2D eigenvalue weighted by molar-refractivity contribution is 7.23. The molecule has 9 heteroatoms. The van der Waals surface area contributed by atoms with Gasteiger partial charge >= 0.3 is 0 Å². The molecule has 0 aliphatic heterocycles. The van der Waals surface area contributed by atoms with Crippen LogP contribution in [0.1, 0.15) is 16.9 Å². The average Bonchev–Trinajstić information content (AvgIpc) is 3.13. The van der Waals surface area contributed by atoms with Crippen LogP contribution in [0.2, 0.25) is 9.36 Å². The van der Waals surface area contributed by atoms with E-state index >= 15 is 0 Å². The molecule has 1 atom stereocenters. The minimum Gasteiger partial charge on any atom is -0.392 e. The van der Waals surface area contributed by atoms with E-state index in [0.717, 1.165) is 10.3 Å². The summed E-state index contributed by atoms with van der Waals surface area (Å²) in [6.07, 6.45) is 6.06. The zero-order chi connectivity index (χ0) is 18.0. The van der Waals surface area contributed by atoms with Crippen LogP contribution in [0, 0.1) is 0 Å². The molecule has 2 amide bonds. The summed E-state index contributed by atoms with van der Waals surface area (Å²) in [4.78, 5) is 27.0. The van der Waals surface area contributed by atoms with E-state index in [4.69, 9.17) is 28.3 Å². The molecular formula is C16H15Cl2N3O3S. The highest BCUT2D eigenvalue weighted by Crippen LogP contribution is 2.38. The lowest BCUT2D eigenvalue weighted by Gasteiger charge is -2.17. The van der Waals surface area contributed by atoms with Gasteiger partial charge in [-0.2, -0.15) is 0 Å². The summed E-state index contributed by atoms with van der Waals surface area (Å²) in [6.45, 7) is -0.156. The maximum atomic E-state index is 12.1. The molecule has 3 rings (SSSR count). The average molecular weight is 400 g/mol. The number of aliphatic hydroxyl groups excluding tert-OH is 1. The summed E-state index contributed by atoms with van der Waals surface area (Å²) < 4.78 is 1.25. The third-order valence-electron chi connectivity index (χ3n) is 3.73. The number of aromatic amines is 1. The molecule has 0 aromatic carbocycles. The first-order chi connectivity index (χ1) is 12.0. The molecule has 0 spiro atoms. The molecule has 0 radical (unpaired) electrons. The summed E-state index contributed by atoms with van der Waals surface area (Å²) in [5.74, 6) is -0.689. The van der Waals surface area contributed by atoms with Crippen molar-refractivity contribution in [3.05, 3.63) is 44.9 Å². The summed E-state index contributed by atoms with van der Waals surface area (Å²) in [7, 11) is 0. The number of nitrogens with one attached hydrogen (secondary N) is 3. The SMILES string of the molecule is O=C(CNC(=O)c1cc2sc(Cl)c(Cl)c2[nH]1)NC1C=CC(CO)=CC1. The minimum atomic E-state index is -0.396. The Labute approximate surface area is 157 Å². The van der Waals surface area contributed by atoms with Gasteiger partial charge in [0.25, 0.3) is 5.91 Å². The number of aliphatic hydroxyl groups is 1. The second kappa shape index (κ2) is 7.61. The maximum absolute atomic E-state index is 12.1. The van der Waals surface area contributed by atoms with Crippen molar-refractivity contribution in [2.75, 3.05) is 13.2 Å². The summed E-state index contributed by atoms with van der Waals surface area (Å²) >= 11 is 13.2. The molecular weight excluding hydrogens is 385 g/mol. The van der Waals surface area contributed by atoms with E-state index in [1.54, 1.807) is 12.1 Å².